The molecule has 0 bridgehead atoms. The molecule has 0 amide bonds. The van der Waals surface area contributed by atoms with Gasteiger partial charge in [0.25, 0.3) is 0 Å². The highest BCUT2D eigenvalue weighted by atomic mass is 32.2. The molecule has 1 aliphatic carbocycles. The zero-order valence-corrected chi connectivity index (χ0v) is 12.7. The first-order valence-corrected chi connectivity index (χ1v) is 9.03. The fraction of sp³-hybridized carbons (Fsp3) is 0.600. The molecule has 3 aliphatic rings. The second kappa shape index (κ2) is 4.69. The summed E-state index contributed by atoms with van der Waals surface area (Å²) in [5, 5.41) is 0. The Labute approximate surface area is 125 Å². The largest absolute Gasteiger partial charge is 0.369 e. The third-order valence-corrected chi connectivity index (χ3v) is 6.24. The molecule has 2 heterocycles. The van der Waals surface area contributed by atoms with Crippen molar-refractivity contribution in [2.45, 2.75) is 31.7 Å². The van der Waals surface area contributed by atoms with E-state index in [1.807, 2.05) is 12.1 Å². The number of benzene rings is 1. The maximum Gasteiger partial charge on any atom is 0.336 e. The highest BCUT2D eigenvalue weighted by molar-refractivity contribution is 7.83. The van der Waals surface area contributed by atoms with E-state index in [1.54, 1.807) is 0 Å². The van der Waals surface area contributed by atoms with Crippen LogP contribution in [0.15, 0.2) is 18.2 Å². The van der Waals surface area contributed by atoms with Gasteiger partial charge in [0.1, 0.15) is 0 Å². The molecule has 1 N–H and O–H groups in total. The lowest BCUT2D eigenvalue weighted by atomic mass is 9.82. The van der Waals surface area contributed by atoms with E-state index in [0.717, 1.165) is 12.1 Å². The molecule has 2 unspecified atom stereocenters. The molecule has 1 saturated carbocycles. The van der Waals surface area contributed by atoms with Crippen molar-refractivity contribution in [3.63, 3.8) is 0 Å². The van der Waals surface area contributed by atoms with Crippen molar-refractivity contribution in [1.82, 2.24) is 4.31 Å². The summed E-state index contributed by atoms with van der Waals surface area (Å²) in [4.78, 5) is 2.34. The number of anilines is 1. The van der Waals surface area contributed by atoms with Gasteiger partial charge in [-0.3, -0.25) is 4.55 Å². The molecule has 5 nitrogen and oxygen atoms in total. The Morgan fingerprint density at radius 3 is 2.86 bits per heavy atom. The van der Waals surface area contributed by atoms with E-state index < -0.39 is 10.3 Å². The molecule has 1 aromatic carbocycles. The SMILES string of the molecule is O=S(=O)(O)N1CCN2CC3CCCC3c3cccc(c32)C1. The van der Waals surface area contributed by atoms with Gasteiger partial charge in [-0.15, -0.1) is 0 Å². The summed E-state index contributed by atoms with van der Waals surface area (Å²) < 4.78 is 33.6. The van der Waals surface area contributed by atoms with Gasteiger partial charge in [0.2, 0.25) is 0 Å². The highest BCUT2D eigenvalue weighted by Gasteiger charge is 2.39. The second-order valence-corrected chi connectivity index (χ2v) is 7.82. The van der Waals surface area contributed by atoms with Crippen LogP contribution < -0.4 is 4.90 Å². The zero-order valence-electron chi connectivity index (χ0n) is 11.9. The first-order chi connectivity index (χ1) is 10.0. The number of rotatable bonds is 1. The Balaban J connectivity index is 1.81. The smallest absolute Gasteiger partial charge is 0.336 e. The summed E-state index contributed by atoms with van der Waals surface area (Å²) in [5.41, 5.74) is 3.64. The van der Waals surface area contributed by atoms with Crippen LogP contribution in [0.3, 0.4) is 0 Å². The van der Waals surface area contributed by atoms with Crippen LogP contribution in [-0.4, -0.2) is 36.9 Å². The number of para-hydroxylation sites is 1. The number of hydrogen-bond donors (Lipinski definition) is 1. The minimum Gasteiger partial charge on any atom is -0.369 e. The lowest BCUT2D eigenvalue weighted by molar-refractivity contribution is 0.352. The predicted octanol–water partition coefficient (Wildman–Crippen LogP) is 2.01. The molecule has 6 heteroatoms. The van der Waals surface area contributed by atoms with Gasteiger partial charge in [-0.05, 0) is 35.8 Å². The fourth-order valence-corrected chi connectivity index (χ4v) is 4.98. The van der Waals surface area contributed by atoms with Gasteiger partial charge in [0.15, 0.2) is 0 Å². The maximum absolute atomic E-state index is 11.5. The lowest BCUT2D eigenvalue weighted by Gasteiger charge is -2.38. The highest BCUT2D eigenvalue weighted by Crippen LogP contribution is 2.49. The topological polar surface area (TPSA) is 60.9 Å². The molecule has 114 valence electrons. The molecule has 0 radical (unpaired) electrons. The summed E-state index contributed by atoms with van der Waals surface area (Å²) in [7, 11) is -4.13. The molecule has 0 saturated heterocycles. The van der Waals surface area contributed by atoms with Crippen molar-refractivity contribution in [3.8, 4) is 0 Å². The van der Waals surface area contributed by atoms with Gasteiger partial charge < -0.3 is 4.90 Å². The summed E-state index contributed by atoms with van der Waals surface area (Å²) in [6.07, 6.45) is 3.81. The molecule has 1 aromatic rings. The molecule has 0 spiro atoms. The fourth-order valence-electron chi connectivity index (χ4n) is 4.36. The van der Waals surface area contributed by atoms with Crippen molar-refractivity contribution in [1.29, 1.82) is 0 Å². The van der Waals surface area contributed by atoms with Crippen LogP contribution in [0.1, 0.15) is 36.3 Å². The normalized spacial score (nSPS) is 28.9. The summed E-state index contributed by atoms with van der Waals surface area (Å²) >= 11 is 0. The molecular weight excluding hydrogens is 288 g/mol. The molecular formula is C15H20N2O3S. The van der Waals surface area contributed by atoms with E-state index in [4.69, 9.17) is 0 Å². The average molecular weight is 308 g/mol. The summed E-state index contributed by atoms with van der Waals surface area (Å²) in [6.45, 7) is 2.31. The first-order valence-electron chi connectivity index (χ1n) is 7.63. The van der Waals surface area contributed by atoms with Crippen LogP contribution in [0.2, 0.25) is 0 Å². The van der Waals surface area contributed by atoms with Gasteiger partial charge in [0, 0.05) is 31.9 Å². The maximum atomic E-state index is 11.5. The Kier molecular flexibility index (Phi) is 3.03. The van der Waals surface area contributed by atoms with E-state index in [1.165, 1.54) is 34.8 Å². The van der Waals surface area contributed by atoms with Gasteiger partial charge in [-0.1, -0.05) is 24.6 Å². The third kappa shape index (κ3) is 2.17. The van der Waals surface area contributed by atoms with Gasteiger partial charge in [-0.2, -0.15) is 12.7 Å². The Hall–Kier alpha value is -1.11. The van der Waals surface area contributed by atoms with Crippen LogP contribution >= 0.6 is 0 Å². The van der Waals surface area contributed by atoms with Gasteiger partial charge >= 0.3 is 10.3 Å². The van der Waals surface area contributed by atoms with Crippen molar-refractivity contribution < 1.29 is 13.0 Å². The third-order valence-electron chi connectivity index (χ3n) is 5.27. The van der Waals surface area contributed by atoms with E-state index in [2.05, 4.69) is 11.0 Å². The molecule has 1 fully saturated rings. The molecule has 21 heavy (non-hydrogen) atoms. The number of nitrogens with zero attached hydrogens (tertiary/aromatic N) is 2. The van der Waals surface area contributed by atoms with Crippen LogP contribution in [0, 0.1) is 5.92 Å². The molecule has 4 rings (SSSR count). The van der Waals surface area contributed by atoms with Crippen molar-refractivity contribution >= 4 is 16.0 Å². The van der Waals surface area contributed by atoms with Gasteiger partial charge in [0.05, 0.1) is 0 Å². The van der Waals surface area contributed by atoms with E-state index in [9.17, 15) is 13.0 Å². The van der Waals surface area contributed by atoms with Gasteiger partial charge in [-0.25, -0.2) is 0 Å². The van der Waals surface area contributed by atoms with Crippen LogP contribution in [0.25, 0.3) is 0 Å². The van der Waals surface area contributed by atoms with Crippen molar-refractivity contribution in [3.05, 3.63) is 29.3 Å². The monoisotopic (exact) mass is 308 g/mol. The zero-order chi connectivity index (χ0) is 14.6. The molecule has 2 atom stereocenters. The Morgan fingerprint density at radius 1 is 1.19 bits per heavy atom. The van der Waals surface area contributed by atoms with E-state index in [-0.39, 0.29) is 6.54 Å². The Bertz CT molecular complexity index is 673. The molecule has 0 aromatic heterocycles. The van der Waals surface area contributed by atoms with Crippen LogP contribution in [0.4, 0.5) is 5.69 Å². The quantitative estimate of drug-likeness (QED) is 0.806. The number of fused-ring (bicyclic) bond motifs is 2. The minimum atomic E-state index is -4.13. The Morgan fingerprint density at radius 2 is 2.05 bits per heavy atom. The van der Waals surface area contributed by atoms with Crippen molar-refractivity contribution in [2.75, 3.05) is 24.5 Å². The average Bonchev–Trinajstić information content (AvgIpc) is 2.81. The summed E-state index contributed by atoms with van der Waals surface area (Å²) in [6, 6.07) is 6.22. The second-order valence-electron chi connectivity index (χ2n) is 6.41. The van der Waals surface area contributed by atoms with Crippen LogP contribution in [-0.2, 0) is 16.8 Å². The lowest BCUT2D eigenvalue weighted by Crippen LogP contribution is -2.39. The minimum absolute atomic E-state index is 0.274. The van der Waals surface area contributed by atoms with E-state index in [0.29, 0.717) is 24.9 Å². The summed E-state index contributed by atoms with van der Waals surface area (Å²) in [5.74, 6) is 1.33. The van der Waals surface area contributed by atoms with Crippen LogP contribution in [0.5, 0.6) is 0 Å². The molecule has 2 aliphatic heterocycles. The van der Waals surface area contributed by atoms with Crippen molar-refractivity contribution in [2.24, 2.45) is 5.92 Å². The number of hydrogen-bond acceptors (Lipinski definition) is 3. The van der Waals surface area contributed by atoms with E-state index >= 15 is 0 Å². The standard InChI is InChI=1S/C15H20N2O3S/c18-21(19,20)17-8-7-16-9-11-3-1-5-13(11)14-6-2-4-12(10-17)15(14)16/h2,4,6,11,13H,1,3,5,7-10H2,(H,18,19,20). The first kappa shape index (κ1) is 13.5. The predicted molar refractivity (Wildman–Crippen MR) is 80.7 cm³/mol.